The van der Waals surface area contributed by atoms with Gasteiger partial charge in [0.15, 0.2) is 0 Å². The van der Waals surface area contributed by atoms with Gasteiger partial charge in [-0.15, -0.1) is 11.3 Å². The van der Waals surface area contributed by atoms with Gasteiger partial charge in [-0.25, -0.2) is 4.98 Å². The Labute approximate surface area is 76.6 Å². The Balaban J connectivity index is 2.28. The van der Waals surface area contributed by atoms with Gasteiger partial charge in [-0.2, -0.15) is 0 Å². The molecule has 0 amide bonds. The van der Waals surface area contributed by atoms with Gasteiger partial charge in [0, 0.05) is 18.5 Å². The first-order chi connectivity index (χ1) is 5.21. The van der Waals surface area contributed by atoms with Crippen LogP contribution in [0.4, 0.5) is 0 Å². The van der Waals surface area contributed by atoms with Gasteiger partial charge in [0.2, 0.25) is 0 Å². The number of aliphatic hydroxyl groups is 1. The topological polar surface area (TPSA) is 45.2 Å². The van der Waals surface area contributed by atoms with Gasteiger partial charge >= 0.3 is 0 Å². The maximum atomic E-state index is 9.76. The summed E-state index contributed by atoms with van der Waals surface area (Å²) in [4.78, 5) is 4.15. The van der Waals surface area contributed by atoms with Crippen molar-refractivity contribution in [2.24, 2.45) is 0 Å². The average molecular weight is 235 g/mol. The summed E-state index contributed by atoms with van der Waals surface area (Å²) in [6, 6.07) is 0. The van der Waals surface area contributed by atoms with Crippen molar-refractivity contribution >= 4 is 27.3 Å². The molecule has 0 atom stereocenters. The van der Waals surface area contributed by atoms with E-state index in [-0.39, 0.29) is 0 Å². The number of nitrogens with zero attached hydrogens (tertiary/aromatic N) is 1. The molecular formula is C6H7BrN2OS. The van der Waals surface area contributed by atoms with Crippen LogP contribution in [-0.2, 0) is 5.60 Å². The number of β-amino-alcohol motifs (C(OH)–C–C–N with tert-alkyl or cyclic N) is 1. The van der Waals surface area contributed by atoms with Crippen LogP contribution < -0.4 is 5.32 Å². The van der Waals surface area contributed by atoms with Crippen molar-refractivity contribution in [3.63, 3.8) is 0 Å². The Morgan fingerprint density at radius 2 is 2.45 bits per heavy atom. The van der Waals surface area contributed by atoms with Gasteiger partial charge in [-0.1, -0.05) is 0 Å². The number of hydrogen-bond acceptors (Lipinski definition) is 4. The van der Waals surface area contributed by atoms with E-state index in [0.717, 1.165) is 9.61 Å². The zero-order valence-electron chi connectivity index (χ0n) is 5.67. The average Bonchev–Trinajstić information content (AvgIpc) is 2.31. The fourth-order valence-electron chi connectivity index (χ4n) is 0.981. The van der Waals surface area contributed by atoms with E-state index in [1.54, 1.807) is 0 Å². The SMILES string of the molecule is OC1(c2nc(Br)cs2)CNC1. The van der Waals surface area contributed by atoms with Crippen LogP contribution in [0.25, 0.3) is 0 Å². The van der Waals surface area contributed by atoms with E-state index in [4.69, 9.17) is 0 Å². The number of thiazole rings is 1. The summed E-state index contributed by atoms with van der Waals surface area (Å²) in [5, 5.41) is 15.4. The lowest BCUT2D eigenvalue weighted by atomic mass is 9.99. The third-order valence-corrected chi connectivity index (χ3v) is 3.45. The molecule has 0 saturated carbocycles. The van der Waals surface area contributed by atoms with Crippen LogP contribution in [0.5, 0.6) is 0 Å². The molecule has 0 spiro atoms. The molecule has 0 aromatic carbocycles. The number of nitrogens with one attached hydrogen (secondary N) is 1. The normalized spacial score (nSPS) is 21.3. The summed E-state index contributed by atoms with van der Waals surface area (Å²) in [6.07, 6.45) is 0. The zero-order valence-corrected chi connectivity index (χ0v) is 8.07. The highest BCUT2D eigenvalue weighted by Crippen LogP contribution is 2.29. The molecule has 60 valence electrons. The highest BCUT2D eigenvalue weighted by Gasteiger charge is 2.38. The van der Waals surface area contributed by atoms with E-state index in [1.807, 2.05) is 5.38 Å². The lowest BCUT2D eigenvalue weighted by Gasteiger charge is -2.35. The van der Waals surface area contributed by atoms with E-state index < -0.39 is 5.60 Å². The van der Waals surface area contributed by atoms with E-state index >= 15 is 0 Å². The largest absolute Gasteiger partial charge is 0.380 e. The van der Waals surface area contributed by atoms with Gasteiger partial charge in [-0.05, 0) is 15.9 Å². The minimum absolute atomic E-state index is 0.618. The van der Waals surface area contributed by atoms with Crippen molar-refractivity contribution in [1.82, 2.24) is 10.3 Å². The molecule has 2 rings (SSSR count). The second-order valence-corrected chi connectivity index (χ2v) is 4.28. The molecule has 1 fully saturated rings. The minimum atomic E-state index is -0.698. The number of aromatic nitrogens is 1. The molecule has 0 bridgehead atoms. The Kier molecular flexibility index (Phi) is 1.75. The first-order valence-electron chi connectivity index (χ1n) is 3.25. The van der Waals surface area contributed by atoms with Crippen LogP contribution in [0.2, 0.25) is 0 Å². The van der Waals surface area contributed by atoms with Gasteiger partial charge in [-0.3, -0.25) is 0 Å². The molecule has 11 heavy (non-hydrogen) atoms. The van der Waals surface area contributed by atoms with Crippen molar-refractivity contribution in [3.05, 3.63) is 15.0 Å². The second-order valence-electron chi connectivity index (χ2n) is 2.61. The van der Waals surface area contributed by atoms with Gasteiger partial charge in [0.25, 0.3) is 0 Å². The first kappa shape index (κ1) is 7.67. The molecule has 1 aliphatic heterocycles. The minimum Gasteiger partial charge on any atom is -0.380 e. The quantitative estimate of drug-likeness (QED) is 0.753. The summed E-state index contributed by atoms with van der Waals surface area (Å²) < 4.78 is 0.804. The van der Waals surface area contributed by atoms with Crippen LogP contribution in [-0.4, -0.2) is 23.2 Å². The fraction of sp³-hybridized carbons (Fsp3) is 0.500. The predicted octanol–water partition coefficient (Wildman–Crippen LogP) is 0.696. The Morgan fingerprint density at radius 3 is 2.82 bits per heavy atom. The van der Waals surface area contributed by atoms with Crippen LogP contribution in [0.15, 0.2) is 9.98 Å². The highest BCUT2D eigenvalue weighted by molar-refractivity contribution is 9.10. The molecule has 0 radical (unpaired) electrons. The van der Waals surface area contributed by atoms with E-state index in [0.29, 0.717) is 13.1 Å². The smallest absolute Gasteiger partial charge is 0.141 e. The lowest BCUT2D eigenvalue weighted by molar-refractivity contribution is -0.0149. The third-order valence-electron chi connectivity index (χ3n) is 1.71. The molecule has 2 N–H and O–H groups in total. The van der Waals surface area contributed by atoms with Gasteiger partial charge in [0.05, 0.1) is 0 Å². The van der Waals surface area contributed by atoms with Crippen LogP contribution >= 0.6 is 27.3 Å². The molecular weight excluding hydrogens is 228 g/mol. The Morgan fingerprint density at radius 1 is 1.73 bits per heavy atom. The van der Waals surface area contributed by atoms with Crippen LogP contribution in [0.1, 0.15) is 5.01 Å². The standard InChI is InChI=1S/C6H7BrN2OS/c7-4-1-11-5(9-4)6(10)2-8-3-6/h1,8,10H,2-3H2. The molecule has 1 saturated heterocycles. The first-order valence-corrected chi connectivity index (χ1v) is 4.93. The maximum absolute atomic E-state index is 9.76. The highest BCUT2D eigenvalue weighted by atomic mass is 79.9. The van der Waals surface area contributed by atoms with Crippen molar-refractivity contribution in [2.75, 3.05) is 13.1 Å². The molecule has 1 aromatic rings. The number of rotatable bonds is 1. The second kappa shape index (κ2) is 2.52. The van der Waals surface area contributed by atoms with Crippen molar-refractivity contribution in [2.45, 2.75) is 5.60 Å². The molecule has 1 aliphatic rings. The van der Waals surface area contributed by atoms with Crippen molar-refractivity contribution < 1.29 is 5.11 Å². The summed E-state index contributed by atoms with van der Waals surface area (Å²) in [7, 11) is 0. The summed E-state index contributed by atoms with van der Waals surface area (Å²) >= 11 is 4.73. The van der Waals surface area contributed by atoms with Gasteiger partial charge < -0.3 is 10.4 Å². The number of hydrogen-bond donors (Lipinski definition) is 2. The summed E-state index contributed by atoms with van der Waals surface area (Å²) in [5.41, 5.74) is -0.698. The monoisotopic (exact) mass is 234 g/mol. The Bertz CT molecular complexity index is 271. The van der Waals surface area contributed by atoms with Crippen LogP contribution in [0.3, 0.4) is 0 Å². The van der Waals surface area contributed by atoms with Crippen molar-refractivity contribution in [1.29, 1.82) is 0 Å². The van der Waals surface area contributed by atoms with Crippen LogP contribution in [0, 0.1) is 0 Å². The molecule has 0 aliphatic carbocycles. The predicted molar refractivity (Wildman–Crippen MR) is 46.6 cm³/mol. The molecule has 2 heterocycles. The third kappa shape index (κ3) is 1.22. The Hall–Kier alpha value is 0.0300. The maximum Gasteiger partial charge on any atom is 0.141 e. The van der Waals surface area contributed by atoms with E-state index in [9.17, 15) is 5.11 Å². The number of halogens is 1. The van der Waals surface area contributed by atoms with E-state index in [1.165, 1.54) is 11.3 Å². The molecule has 1 aromatic heterocycles. The van der Waals surface area contributed by atoms with Gasteiger partial charge in [0.1, 0.15) is 15.2 Å². The summed E-state index contributed by atoms with van der Waals surface area (Å²) in [5.74, 6) is 0. The molecule has 0 unspecified atom stereocenters. The summed E-state index contributed by atoms with van der Waals surface area (Å²) in [6.45, 7) is 1.24. The van der Waals surface area contributed by atoms with Crippen molar-refractivity contribution in [3.8, 4) is 0 Å². The lowest BCUT2D eigenvalue weighted by Crippen LogP contribution is -2.56. The molecule has 5 heteroatoms. The molecule has 3 nitrogen and oxygen atoms in total. The zero-order chi connectivity index (χ0) is 7.90. The van der Waals surface area contributed by atoms with E-state index in [2.05, 4.69) is 26.2 Å². The fourth-order valence-corrected chi connectivity index (χ4v) is 2.33.